The normalized spacial score (nSPS) is 16.1. The zero-order valence-corrected chi connectivity index (χ0v) is 16.3. The summed E-state index contributed by atoms with van der Waals surface area (Å²) in [5, 5.41) is 2.89. The van der Waals surface area contributed by atoms with Crippen molar-refractivity contribution in [3.8, 4) is 5.75 Å². The molecule has 0 unspecified atom stereocenters. The number of methoxy groups -OCH3 is 1. The van der Waals surface area contributed by atoms with E-state index in [1.807, 2.05) is 19.1 Å². The number of hydrogen-bond donors (Lipinski definition) is 1. The van der Waals surface area contributed by atoms with Crippen LogP contribution in [0.4, 0.5) is 5.69 Å². The van der Waals surface area contributed by atoms with Crippen LogP contribution in [0.1, 0.15) is 18.4 Å². The second-order valence-electron chi connectivity index (χ2n) is 6.71. The molecular weight excluding hydrogens is 364 g/mol. The average Bonchev–Trinajstić information content (AvgIpc) is 2.68. The van der Waals surface area contributed by atoms with Crippen LogP contribution in [0.15, 0.2) is 53.4 Å². The Labute approximate surface area is 160 Å². The standard InChI is InChI=1S/C20H24N2O4S/c1-15-6-8-19(9-7-15)27(24,25)22-12-10-16(11-13-22)20(23)21-17-4-3-5-18(14-17)26-2/h3-9,14,16H,10-13H2,1-2H3,(H,21,23). The zero-order valence-electron chi connectivity index (χ0n) is 15.5. The van der Waals surface area contributed by atoms with Crippen LogP contribution in [0, 0.1) is 12.8 Å². The van der Waals surface area contributed by atoms with Gasteiger partial charge in [0.15, 0.2) is 0 Å². The first-order valence-corrected chi connectivity index (χ1v) is 10.4. The minimum atomic E-state index is -3.51. The highest BCUT2D eigenvalue weighted by Crippen LogP contribution is 2.25. The molecule has 27 heavy (non-hydrogen) atoms. The van der Waals surface area contributed by atoms with Crippen molar-refractivity contribution in [3.63, 3.8) is 0 Å². The molecule has 0 spiro atoms. The van der Waals surface area contributed by atoms with Crippen LogP contribution in [0.3, 0.4) is 0 Å². The molecule has 2 aromatic carbocycles. The molecule has 0 atom stereocenters. The van der Waals surface area contributed by atoms with Crippen LogP contribution in [0.5, 0.6) is 5.75 Å². The first kappa shape index (κ1) is 19.4. The predicted octanol–water partition coefficient (Wildman–Crippen LogP) is 3.04. The van der Waals surface area contributed by atoms with Crippen molar-refractivity contribution in [1.82, 2.24) is 4.31 Å². The van der Waals surface area contributed by atoms with E-state index in [9.17, 15) is 13.2 Å². The number of nitrogens with one attached hydrogen (secondary N) is 1. The molecule has 0 radical (unpaired) electrons. The van der Waals surface area contributed by atoms with Crippen molar-refractivity contribution >= 4 is 21.6 Å². The molecule has 0 bridgehead atoms. The topological polar surface area (TPSA) is 75.7 Å². The number of sulfonamides is 1. The second-order valence-corrected chi connectivity index (χ2v) is 8.65. The number of carbonyl (C=O) groups is 1. The number of nitrogens with zero attached hydrogens (tertiary/aromatic N) is 1. The van der Waals surface area contributed by atoms with E-state index in [1.54, 1.807) is 43.5 Å². The number of benzene rings is 2. The Kier molecular flexibility index (Phi) is 5.82. The molecule has 0 aliphatic carbocycles. The van der Waals surface area contributed by atoms with Gasteiger partial charge in [-0.3, -0.25) is 4.79 Å². The van der Waals surface area contributed by atoms with E-state index in [0.29, 0.717) is 42.3 Å². The second kappa shape index (κ2) is 8.10. The summed E-state index contributed by atoms with van der Waals surface area (Å²) in [7, 11) is -1.94. The van der Waals surface area contributed by atoms with Crippen LogP contribution in [0.2, 0.25) is 0 Å². The first-order valence-electron chi connectivity index (χ1n) is 8.92. The average molecular weight is 388 g/mol. The third kappa shape index (κ3) is 4.48. The quantitative estimate of drug-likeness (QED) is 0.854. The minimum Gasteiger partial charge on any atom is -0.497 e. The number of hydrogen-bond acceptors (Lipinski definition) is 4. The maximum absolute atomic E-state index is 12.7. The molecule has 1 fully saturated rings. The molecule has 7 heteroatoms. The predicted molar refractivity (Wildman–Crippen MR) is 104 cm³/mol. The van der Waals surface area contributed by atoms with Gasteiger partial charge >= 0.3 is 0 Å². The van der Waals surface area contributed by atoms with E-state index >= 15 is 0 Å². The van der Waals surface area contributed by atoms with Gasteiger partial charge in [-0.05, 0) is 44.0 Å². The van der Waals surface area contributed by atoms with E-state index in [0.717, 1.165) is 5.56 Å². The van der Waals surface area contributed by atoms with Gasteiger partial charge < -0.3 is 10.1 Å². The van der Waals surface area contributed by atoms with E-state index < -0.39 is 10.0 Å². The number of carbonyl (C=O) groups excluding carboxylic acids is 1. The molecule has 0 saturated carbocycles. The van der Waals surface area contributed by atoms with Crippen molar-refractivity contribution in [3.05, 3.63) is 54.1 Å². The molecule has 3 rings (SSSR count). The van der Waals surface area contributed by atoms with E-state index in [4.69, 9.17) is 4.74 Å². The van der Waals surface area contributed by atoms with E-state index in [2.05, 4.69) is 5.32 Å². The highest BCUT2D eigenvalue weighted by Gasteiger charge is 2.32. The van der Waals surface area contributed by atoms with Crippen LogP contribution < -0.4 is 10.1 Å². The molecule has 1 heterocycles. The van der Waals surface area contributed by atoms with Crippen molar-refractivity contribution in [2.24, 2.45) is 5.92 Å². The SMILES string of the molecule is COc1cccc(NC(=O)C2CCN(S(=O)(=O)c3ccc(C)cc3)CC2)c1. The number of aryl methyl sites for hydroxylation is 1. The van der Waals surface area contributed by atoms with Crippen molar-refractivity contribution in [2.45, 2.75) is 24.7 Å². The van der Waals surface area contributed by atoms with Crippen LogP contribution in [-0.4, -0.2) is 38.8 Å². The van der Waals surface area contributed by atoms with Gasteiger partial charge in [-0.1, -0.05) is 23.8 Å². The lowest BCUT2D eigenvalue weighted by Gasteiger charge is -2.30. The Morgan fingerprint density at radius 1 is 1.11 bits per heavy atom. The number of rotatable bonds is 5. The molecule has 1 aliphatic heterocycles. The van der Waals surface area contributed by atoms with Gasteiger partial charge in [0.2, 0.25) is 15.9 Å². The largest absolute Gasteiger partial charge is 0.497 e. The van der Waals surface area contributed by atoms with Gasteiger partial charge in [0, 0.05) is 30.8 Å². The van der Waals surface area contributed by atoms with E-state index in [-0.39, 0.29) is 11.8 Å². The van der Waals surface area contributed by atoms with Crippen molar-refractivity contribution in [1.29, 1.82) is 0 Å². The highest BCUT2D eigenvalue weighted by molar-refractivity contribution is 7.89. The van der Waals surface area contributed by atoms with Gasteiger partial charge in [0.1, 0.15) is 5.75 Å². The fourth-order valence-electron chi connectivity index (χ4n) is 3.16. The lowest BCUT2D eigenvalue weighted by atomic mass is 9.97. The lowest BCUT2D eigenvalue weighted by molar-refractivity contribution is -0.120. The molecule has 0 aromatic heterocycles. The summed E-state index contributed by atoms with van der Waals surface area (Å²) < 4.78 is 32.1. The van der Waals surface area contributed by atoms with Crippen LogP contribution in [-0.2, 0) is 14.8 Å². The summed E-state index contributed by atoms with van der Waals surface area (Å²) in [6.07, 6.45) is 1.00. The molecule has 1 saturated heterocycles. The van der Waals surface area contributed by atoms with Gasteiger partial charge in [-0.25, -0.2) is 8.42 Å². The molecule has 1 aliphatic rings. The highest BCUT2D eigenvalue weighted by atomic mass is 32.2. The maximum atomic E-state index is 12.7. The Morgan fingerprint density at radius 2 is 1.78 bits per heavy atom. The number of anilines is 1. The molecule has 6 nitrogen and oxygen atoms in total. The first-order chi connectivity index (χ1) is 12.9. The fourth-order valence-corrected chi connectivity index (χ4v) is 4.63. The summed E-state index contributed by atoms with van der Waals surface area (Å²) in [6.45, 7) is 2.60. The Bertz CT molecular complexity index is 902. The molecule has 2 aromatic rings. The Morgan fingerprint density at radius 3 is 2.41 bits per heavy atom. The molecule has 144 valence electrons. The lowest BCUT2D eigenvalue weighted by Crippen LogP contribution is -2.41. The fraction of sp³-hybridized carbons (Fsp3) is 0.350. The number of ether oxygens (including phenoxy) is 1. The van der Waals surface area contributed by atoms with Gasteiger partial charge in [0.25, 0.3) is 0 Å². The summed E-state index contributed by atoms with van der Waals surface area (Å²) in [4.78, 5) is 12.8. The van der Waals surface area contributed by atoms with Crippen molar-refractivity contribution in [2.75, 3.05) is 25.5 Å². The maximum Gasteiger partial charge on any atom is 0.243 e. The van der Waals surface area contributed by atoms with Gasteiger partial charge in [-0.15, -0.1) is 0 Å². The van der Waals surface area contributed by atoms with Gasteiger partial charge in [0.05, 0.1) is 12.0 Å². The summed E-state index contributed by atoms with van der Waals surface area (Å²) in [6, 6.07) is 14.0. The van der Waals surface area contributed by atoms with Crippen LogP contribution in [0.25, 0.3) is 0 Å². The molecule has 1 N–H and O–H groups in total. The third-order valence-electron chi connectivity index (χ3n) is 4.82. The van der Waals surface area contributed by atoms with Gasteiger partial charge in [-0.2, -0.15) is 4.31 Å². The monoisotopic (exact) mass is 388 g/mol. The van der Waals surface area contributed by atoms with Crippen LogP contribution >= 0.6 is 0 Å². The summed E-state index contributed by atoms with van der Waals surface area (Å²) >= 11 is 0. The van der Waals surface area contributed by atoms with E-state index in [1.165, 1.54) is 4.31 Å². The molecular formula is C20H24N2O4S. The summed E-state index contributed by atoms with van der Waals surface area (Å²) in [5.74, 6) is 0.378. The number of amides is 1. The number of piperidine rings is 1. The summed E-state index contributed by atoms with van der Waals surface area (Å²) in [5.41, 5.74) is 1.69. The zero-order chi connectivity index (χ0) is 19.4. The smallest absolute Gasteiger partial charge is 0.243 e. The molecule has 1 amide bonds. The minimum absolute atomic E-state index is 0.0874. The Hall–Kier alpha value is -2.38. The Balaban J connectivity index is 1.61. The van der Waals surface area contributed by atoms with Crippen molar-refractivity contribution < 1.29 is 17.9 Å². The third-order valence-corrected chi connectivity index (χ3v) is 6.73.